The van der Waals surface area contributed by atoms with E-state index in [4.69, 9.17) is 5.26 Å². The summed E-state index contributed by atoms with van der Waals surface area (Å²) in [5.74, 6) is 0.123. The molecule has 0 saturated heterocycles. The maximum absolute atomic E-state index is 12.3. The maximum Gasteiger partial charge on any atom is 0.167 e. The van der Waals surface area contributed by atoms with Crippen LogP contribution in [-0.2, 0) is 4.79 Å². The lowest BCUT2D eigenvalue weighted by atomic mass is 9.82. The van der Waals surface area contributed by atoms with Crippen LogP contribution >= 0.6 is 0 Å². The van der Waals surface area contributed by atoms with Crippen LogP contribution in [0.1, 0.15) is 24.5 Å². The summed E-state index contributed by atoms with van der Waals surface area (Å²) in [6, 6.07) is 9.43. The van der Waals surface area contributed by atoms with E-state index >= 15 is 0 Å². The number of carbonyl (C=O) groups excluding carboxylic acids is 1. The van der Waals surface area contributed by atoms with Crippen LogP contribution in [0.4, 0.5) is 0 Å². The zero-order valence-electron chi connectivity index (χ0n) is 11.1. The second-order valence-corrected chi connectivity index (χ2v) is 4.92. The van der Waals surface area contributed by atoms with Crippen LogP contribution in [0.5, 0.6) is 0 Å². The molecule has 0 bridgehead atoms. The van der Waals surface area contributed by atoms with Crippen molar-refractivity contribution in [2.45, 2.75) is 19.4 Å². The minimum absolute atomic E-state index is 0.0712. The Morgan fingerprint density at radius 3 is 3.05 bits per heavy atom. The molecule has 1 radical (unpaired) electrons. The molecule has 1 heterocycles. The third-order valence-electron chi connectivity index (χ3n) is 3.60. The highest BCUT2D eigenvalue weighted by Gasteiger charge is 2.28. The molecule has 0 fully saturated rings. The Bertz CT molecular complexity index is 717. The second kappa shape index (κ2) is 4.82. The molecular weight excluding hydrogens is 248 g/mol. The van der Waals surface area contributed by atoms with Crippen molar-refractivity contribution in [1.82, 2.24) is 5.32 Å². The summed E-state index contributed by atoms with van der Waals surface area (Å²) in [5, 5.41) is 13.5. The average Bonchev–Trinajstić information content (AvgIpc) is 2.48. The van der Waals surface area contributed by atoms with E-state index in [1.165, 1.54) is 0 Å². The number of Topliss-reactive ketones (excluding diaryl/α,β-unsaturated/α-hetero) is 1. The molecule has 1 unspecified atom stereocenters. The Morgan fingerprint density at radius 2 is 2.25 bits per heavy atom. The number of fused-ring (bicyclic) bond motifs is 1. The topological polar surface area (TPSA) is 55.0 Å². The molecule has 20 heavy (non-hydrogen) atoms. The fourth-order valence-corrected chi connectivity index (χ4v) is 2.67. The normalized spacial score (nSPS) is 20.9. The SMILES string of the molecule is CC1[N]C=C2C=CCC(=O)C2=C1c1cccc(C#N)c1. The van der Waals surface area contributed by atoms with Crippen molar-refractivity contribution < 1.29 is 4.79 Å². The van der Waals surface area contributed by atoms with Gasteiger partial charge in [-0.1, -0.05) is 24.3 Å². The molecule has 0 saturated carbocycles. The van der Waals surface area contributed by atoms with Gasteiger partial charge in [0, 0.05) is 23.8 Å². The number of nitriles is 1. The molecule has 1 aromatic carbocycles. The third-order valence-corrected chi connectivity index (χ3v) is 3.60. The number of hydrogen-bond donors (Lipinski definition) is 0. The summed E-state index contributed by atoms with van der Waals surface area (Å²) < 4.78 is 0. The molecular formula is C17H13N2O. The van der Waals surface area contributed by atoms with E-state index in [1.807, 2.05) is 37.3 Å². The van der Waals surface area contributed by atoms with Crippen molar-refractivity contribution in [3.8, 4) is 6.07 Å². The average molecular weight is 261 g/mol. The molecule has 0 N–H and O–H groups in total. The number of rotatable bonds is 1. The van der Waals surface area contributed by atoms with E-state index in [-0.39, 0.29) is 11.8 Å². The number of benzene rings is 1. The molecule has 1 atom stereocenters. The largest absolute Gasteiger partial charge is 0.294 e. The molecule has 2 aliphatic rings. The fraction of sp³-hybridized carbons (Fsp3) is 0.176. The van der Waals surface area contributed by atoms with Gasteiger partial charge in [0.25, 0.3) is 0 Å². The number of carbonyl (C=O) groups is 1. The third kappa shape index (κ3) is 1.96. The van der Waals surface area contributed by atoms with Crippen LogP contribution in [0.2, 0.25) is 0 Å². The quantitative estimate of drug-likeness (QED) is 0.780. The van der Waals surface area contributed by atoms with E-state index < -0.39 is 0 Å². The number of ketones is 1. The summed E-state index contributed by atoms with van der Waals surface area (Å²) in [6.45, 7) is 1.97. The molecule has 97 valence electrons. The van der Waals surface area contributed by atoms with Gasteiger partial charge in [-0.3, -0.25) is 10.1 Å². The highest BCUT2D eigenvalue weighted by Crippen LogP contribution is 2.34. The van der Waals surface area contributed by atoms with Crippen LogP contribution in [0.25, 0.3) is 5.57 Å². The molecule has 1 aliphatic heterocycles. The summed E-state index contributed by atoms with van der Waals surface area (Å²) in [6.07, 6.45) is 6.01. The zero-order valence-corrected chi connectivity index (χ0v) is 11.1. The second-order valence-electron chi connectivity index (χ2n) is 4.92. The van der Waals surface area contributed by atoms with E-state index in [0.29, 0.717) is 12.0 Å². The Hall–Kier alpha value is -2.60. The molecule has 1 aromatic rings. The monoisotopic (exact) mass is 261 g/mol. The Kier molecular flexibility index (Phi) is 3.00. The van der Waals surface area contributed by atoms with Crippen molar-refractivity contribution in [1.29, 1.82) is 5.26 Å². The van der Waals surface area contributed by atoms with Crippen molar-refractivity contribution in [2.75, 3.05) is 0 Å². The van der Waals surface area contributed by atoms with Crippen LogP contribution in [-0.4, -0.2) is 11.8 Å². The lowest BCUT2D eigenvalue weighted by molar-refractivity contribution is -0.114. The van der Waals surface area contributed by atoms with E-state index in [9.17, 15) is 4.79 Å². The lowest BCUT2D eigenvalue weighted by Crippen LogP contribution is -2.26. The first-order valence-electron chi connectivity index (χ1n) is 6.55. The van der Waals surface area contributed by atoms with Crippen molar-refractivity contribution >= 4 is 11.4 Å². The van der Waals surface area contributed by atoms with E-state index in [2.05, 4.69) is 11.4 Å². The minimum atomic E-state index is -0.0712. The van der Waals surface area contributed by atoms with Gasteiger partial charge in [0.05, 0.1) is 17.7 Å². The fourth-order valence-electron chi connectivity index (χ4n) is 2.67. The van der Waals surface area contributed by atoms with Crippen LogP contribution in [0.3, 0.4) is 0 Å². The number of nitrogens with zero attached hydrogens (tertiary/aromatic N) is 2. The van der Waals surface area contributed by atoms with E-state index in [0.717, 1.165) is 22.3 Å². The van der Waals surface area contributed by atoms with E-state index in [1.54, 1.807) is 12.3 Å². The Morgan fingerprint density at radius 1 is 1.40 bits per heavy atom. The van der Waals surface area contributed by atoms with Gasteiger partial charge in [-0.25, -0.2) is 0 Å². The minimum Gasteiger partial charge on any atom is -0.294 e. The predicted octanol–water partition coefficient (Wildman–Crippen LogP) is 2.73. The van der Waals surface area contributed by atoms with Gasteiger partial charge in [0.2, 0.25) is 0 Å². The van der Waals surface area contributed by atoms with Crippen LogP contribution in [0.15, 0.2) is 53.8 Å². The van der Waals surface area contributed by atoms with Gasteiger partial charge in [-0.2, -0.15) is 5.26 Å². The smallest absolute Gasteiger partial charge is 0.167 e. The molecule has 3 heteroatoms. The first kappa shape index (κ1) is 12.4. The number of hydrogen-bond acceptors (Lipinski definition) is 2. The Labute approximate surface area is 117 Å². The Balaban J connectivity index is 2.22. The lowest BCUT2D eigenvalue weighted by Gasteiger charge is -2.26. The van der Waals surface area contributed by atoms with Crippen molar-refractivity contribution in [3.05, 3.63) is 64.9 Å². The first-order chi connectivity index (χ1) is 9.70. The summed E-state index contributed by atoms with van der Waals surface area (Å²) in [5.41, 5.74) is 4.05. The molecule has 0 spiro atoms. The van der Waals surface area contributed by atoms with Crippen LogP contribution in [0, 0.1) is 11.3 Å². The molecule has 0 aromatic heterocycles. The molecule has 3 nitrogen and oxygen atoms in total. The summed E-state index contributed by atoms with van der Waals surface area (Å²) in [7, 11) is 0. The van der Waals surface area contributed by atoms with Gasteiger partial charge in [0.15, 0.2) is 5.78 Å². The van der Waals surface area contributed by atoms with Crippen LogP contribution < -0.4 is 5.32 Å². The standard InChI is InChI=1S/C17H13N2O/c1-11-16(13-5-2-4-12(8-13)9-18)17-14(10-19-11)6-3-7-15(17)20/h2-6,8,10-11H,7H2,1H3. The molecule has 1 aliphatic carbocycles. The number of allylic oxidation sites excluding steroid dienone is 4. The molecule has 3 rings (SSSR count). The molecule has 0 amide bonds. The maximum atomic E-state index is 12.3. The van der Waals surface area contributed by atoms with Gasteiger partial charge < -0.3 is 0 Å². The predicted molar refractivity (Wildman–Crippen MR) is 76.5 cm³/mol. The van der Waals surface area contributed by atoms with Gasteiger partial charge >= 0.3 is 0 Å². The van der Waals surface area contributed by atoms with Gasteiger partial charge in [0.1, 0.15) is 0 Å². The summed E-state index contributed by atoms with van der Waals surface area (Å²) in [4.78, 5) is 12.3. The summed E-state index contributed by atoms with van der Waals surface area (Å²) >= 11 is 0. The van der Waals surface area contributed by atoms with Crippen molar-refractivity contribution in [2.24, 2.45) is 0 Å². The zero-order chi connectivity index (χ0) is 14.1. The van der Waals surface area contributed by atoms with Gasteiger partial charge in [-0.05, 0) is 30.2 Å². The van der Waals surface area contributed by atoms with Gasteiger partial charge in [-0.15, -0.1) is 0 Å². The first-order valence-corrected chi connectivity index (χ1v) is 6.55. The highest BCUT2D eigenvalue weighted by molar-refractivity contribution is 6.10. The highest BCUT2D eigenvalue weighted by atomic mass is 16.1. The van der Waals surface area contributed by atoms with Crippen molar-refractivity contribution in [3.63, 3.8) is 0 Å².